The lowest BCUT2D eigenvalue weighted by atomic mass is 9.99. The topological polar surface area (TPSA) is 24.5 Å². The van der Waals surface area contributed by atoms with Gasteiger partial charge in [-0.2, -0.15) is 0 Å². The molecule has 1 aromatic carbocycles. The van der Waals surface area contributed by atoms with Gasteiger partial charge in [-0.3, -0.25) is 4.90 Å². The van der Waals surface area contributed by atoms with Crippen LogP contribution in [0.2, 0.25) is 0 Å². The summed E-state index contributed by atoms with van der Waals surface area (Å²) in [6.07, 6.45) is 1.22. The molecular weight excluding hydrogens is 236 g/mol. The molecule has 3 unspecified atom stereocenters. The first kappa shape index (κ1) is 13.1. The molecule has 2 aliphatic rings. The molecule has 0 aromatic heterocycles. The highest BCUT2D eigenvalue weighted by molar-refractivity contribution is 5.20. The highest BCUT2D eigenvalue weighted by atomic mass is 16.5. The number of piperazine rings is 1. The van der Waals surface area contributed by atoms with Crippen molar-refractivity contribution in [2.75, 3.05) is 32.8 Å². The third-order valence-electron chi connectivity index (χ3n) is 4.31. The number of rotatable bonds is 3. The SMILES string of the molecule is CC1CN(CC2CCOC2)C(c2ccccc2)CN1. The Morgan fingerprint density at radius 1 is 1.32 bits per heavy atom. The summed E-state index contributed by atoms with van der Waals surface area (Å²) in [4.78, 5) is 2.65. The lowest BCUT2D eigenvalue weighted by Crippen LogP contribution is -2.52. The summed E-state index contributed by atoms with van der Waals surface area (Å²) in [5.41, 5.74) is 1.43. The number of benzene rings is 1. The molecule has 3 heteroatoms. The molecule has 2 fully saturated rings. The maximum Gasteiger partial charge on any atom is 0.0507 e. The van der Waals surface area contributed by atoms with E-state index in [-0.39, 0.29) is 0 Å². The first-order valence-corrected chi connectivity index (χ1v) is 7.43. The van der Waals surface area contributed by atoms with Crippen molar-refractivity contribution in [1.82, 2.24) is 10.2 Å². The smallest absolute Gasteiger partial charge is 0.0507 e. The van der Waals surface area contributed by atoms with Crippen molar-refractivity contribution in [2.24, 2.45) is 5.92 Å². The van der Waals surface area contributed by atoms with Gasteiger partial charge in [0.15, 0.2) is 0 Å². The minimum absolute atomic E-state index is 0.512. The maximum absolute atomic E-state index is 5.52. The first-order chi connectivity index (χ1) is 9.33. The van der Waals surface area contributed by atoms with Gasteiger partial charge in [-0.1, -0.05) is 30.3 Å². The van der Waals surface area contributed by atoms with Crippen LogP contribution in [0.1, 0.15) is 24.9 Å². The van der Waals surface area contributed by atoms with Crippen molar-refractivity contribution in [3.8, 4) is 0 Å². The molecule has 0 radical (unpaired) electrons. The van der Waals surface area contributed by atoms with Crippen LogP contribution in [-0.4, -0.2) is 43.8 Å². The average Bonchev–Trinajstić information content (AvgIpc) is 2.93. The zero-order valence-corrected chi connectivity index (χ0v) is 11.7. The van der Waals surface area contributed by atoms with Crippen molar-refractivity contribution < 1.29 is 4.74 Å². The number of hydrogen-bond donors (Lipinski definition) is 1. The van der Waals surface area contributed by atoms with Crippen LogP contribution in [0.5, 0.6) is 0 Å². The Hall–Kier alpha value is -0.900. The van der Waals surface area contributed by atoms with E-state index < -0.39 is 0 Å². The molecule has 2 saturated heterocycles. The van der Waals surface area contributed by atoms with Gasteiger partial charge in [0.05, 0.1) is 6.61 Å². The van der Waals surface area contributed by atoms with E-state index in [4.69, 9.17) is 4.74 Å². The Morgan fingerprint density at radius 2 is 2.16 bits per heavy atom. The summed E-state index contributed by atoms with van der Waals surface area (Å²) in [7, 11) is 0. The molecular formula is C16H24N2O. The molecule has 3 nitrogen and oxygen atoms in total. The molecule has 1 N–H and O–H groups in total. The lowest BCUT2D eigenvalue weighted by molar-refractivity contribution is 0.105. The third-order valence-corrected chi connectivity index (χ3v) is 4.31. The van der Waals surface area contributed by atoms with Crippen molar-refractivity contribution in [3.05, 3.63) is 35.9 Å². The van der Waals surface area contributed by atoms with Crippen LogP contribution < -0.4 is 5.32 Å². The van der Waals surface area contributed by atoms with Crippen LogP contribution in [0.15, 0.2) is 30.3 Å². The van der Waals surface area contributed by atoms with Crippen LogP contribution in [0.3, 0.4) is 0 Å². The van der Waals surface area contributed by atoms with E-state index in [0.29, 0.717) is 12.1 Å². The molecule has 2 aliphatic heterocycles. The highest BCUT2D eigenvalue weighted by Gasteiger charge is 2.29. The van der Waals surface area contributed by atoms with Crippen LogP contribution in [0.4, 0.5) is 0 Å². The molecule has 0 amide bonds. The van der Waals surface area contributed by atoms with Gasteiger partial charge in [0, 0.05) is 38.3 Å². The second kappa shape index (κ2) is 6.04. The molecule has 3 atom stereocenters. The zero-order chi connectivity index (χ0) is 13.1. The van der Waals surface area contributed by atoms with Crippen molar-refractivity contribution in [2.45, 2.75) is 25.4 Å². The summed E-state index contributed by atoms with van der Waals surface area (Å²) in [6.45, 7) is 7.53. The van der Waals surface area contributed by atoms with Gasteiger partial charge >= 0.3 is 0 Å². The largest absolute Gasteiger partial charge is 0.381 e. The predicted octanol–water partition coefficient (Wildman–Crippen LogP) is 2.06. The van der Waals surface area contributed by atoms with E-state index in [1.807, 2.05) is 0 Å². The van der Waals surface area contributed by atoms with Crippen LogP contribution in [-0.2, 0) is 4.74 Å². The fourth-order valence-electron chi connectivity index (χ4n) is 3.25. The van der Waals surface area contributed by atoms with Crippen LogP contribution in [0.25, 0.3) is 0 Å². The Balaban J connectivity index is 1.72. The van der Waals surface area contributed by atoms with E-state index in [2.05, 4.69) is 47.5 Å². The number of nitrogens with zero attached hydrogens (tertiary/aromatic N) is 1. The Labute approximate surface area is 115 Å². The zero-order valence-electron chi connectivity index (χ0n) is 11.7. The van der Waals surface area contributed by atoms with Crippen LogP contribution in [0, 0.1) is 5.92 Å². The number of nitrogens with one attached hydrogen (secondary N) is 1. The van der Waals surface area contributed by atoms with Crippen molar-refractivity contribution in [1.29, 1.82) is 0 Å². The fourth-order valence-corrected chi connectivity index (χ4v) is 3.25. The summed E-state index contributed by atoms with van der Waals surface area (Å²) < 4.78 is 5.52. The summed E-state index contributed by atoms with van der Waals surface area (Å²) >= 11 is 0. The molecule has 3 rings (SSSR count). The summed E-state index contributed by atoms with van der Waals surface area (Å²) in [5, 5.41) is 3.61. The molecule has 0 aliphatic carbocycles. The van der Waals surface area contributed by atoms with Gasteiger partial charge < -0.3 is 10.1 Å². The molecule has 2 heterocycles. The van der Waals surface area contributed by atoms with Gasteiger partial charge in [0.25, 0.3) is 0 Å². The predicted molar refractivity (Wildman–Crippen MR) is 77.1 cm³/mol. The molecule has 0 bridgehead atoms. The molecule has 0 spiro atoms. The second-order valence-electron chi connectivity index (χ2n) is 5.92. The summed E-state index contributed by atoms with van der Waals surface area (Å²) in [5.74, 6) is 0.719. The standard InChI is InChI=1S/C16H24N2O/c1-13-10-18(11-14-7-8-19-12-14)16(9-17-13)15-5-3-2-4-6-15/h2-6,13-14,16-17H,7-12H2,1H3. The summed E-state index contributed by atoms with van der Waals surface area (Å²) in [6, 6.07) is 12.0. The van der Waals surface area contributed by atoms with E-state index in [1.165, 1.54) is 18.5 Å². The number of hydrogen-bond acceptors (Lipinski definition) is 3. The quantitative estimate of drug-likeness (QED) is 0.900. The fraction of sp³-hybridized carbons (Fsp3) is 0.625. The Bertz CT molecular complexity index is 389. The molecule has 19 heavy (non-hydrogen) atoms. The molecule has 104 valence electrons. The van der Waals surface area contributed by atoms with Gasteiger partial charge in [-0.15, -0.1) is 0 Å². The molecule has 0 saturated carbocycles. The Kier molecular flexibility index (Phi) is 4.16. The van der Waals surface area contributed by atoms with Gasteiger partial charge in [-0.25, -0.2) is 0 Å². The van der Waals surface area contributed by atoms with E-state index >= 15 is 0 Å². The highest BCUT2D eigenvalue weighted by Crippen LogP contribution is 2.26. The van der Waals surface area contributed by atoms with Crippen LogP contribution >= 0.6 is 0 Å². The van der Waals surface area contributed by atoms with Crippen molar-refractivity contribution in [3.63, 3.8) is 0 Å². The van der Waals surface area contributed by atoms with E-state index in [0.717, 1.165) is 32.2 Å². The lowest BCUT2D eigenvalue weighted by Gasteiger charge is -2.40. The first-order valence-electron chi connectivity index (χ1n) is 7.43. The van der Waals surface area contributed by atoms with Gasteiger partial charge in [-0.05, 0) is 24.8 Å². The monoisotopic (exact) mass is 260 g/mol. The molecule has 1 aromatic rings. The second-order valence-corrected chi connectivity index (χ2v) is 5.92. The van der Waals surface area contributed by atoms with Gasteiger partial charge in [0.2, 0.25) is 0 Å². The number of ether oxygens (including phenoxy) is 1. The average molecular weight is 260 g/mol. The van der Waals surface area contributed by atoms with E-state index in [9.17, 15) is 0 Å². The van der Waals surface area contributed by atoms with E-state index in [1.54, 1.807) is 0 Å². The van der Waals surface area contributed by atoms with Gasteiger partial charge in [0.1, 0.15) is 0 Å². The third kappa shape index (κ3) is 3.16. The van der Waals surface area contributed by atoms with Crippen molar-refractivity contribution >= 4 is 0 Å². The maximum atomic E-state index is 5.52. The normalized spacial score (nSPS) is 32.6. The minimum atomic E-state index is 0.512. The minimum Gasteiger partial charge on any atom is -0.381 e. The Morgan fingerprint density at radius 3 is 2.89 bits per heavy atom.